The summed E-state index contributed by atoms with van der Waals surface area (Å²) in [7, 11) is 0. The third kappa shape index (κ3) is 7.94. The number of rotatable bonds is 9. The molecule has 7 heterocycles. The van der Waals surface area contributed by atoms with Crippen molar-refractivity contribution in [1.29, 1.82) is 0 Å². The average Bonchev–Trinajstić information content (AvgIpc) is 3.57. The molecular weight excluding hydrogens is 721 g/mol. The maximum atomic E-state index is 13.2. The zero-order valence-corrected chi connectivity index (χ0v) is 32.2. The third-order valence-corrected chi connectivity index (χ3v) is 12.5. The van der Waals surface area contributed by atoms with Crippen LogP contribution in [0, 0.1) is 0 Å². The minimum absolute atomic E-state index is 0.198. The van der Waals surface area contributed by atoms with E-state index < -0.39 is 17.6 Å². The number of piperazine rings is 1. The van der Waals surface area contributed by atoms with Crippen molar-refractivity contribution in [2.45, 2.75) is 69.2 Å². The van der Waals surface area contributed by atoms with Gasteiger partial charge in [0.25, 0.3) is 5.91 Å². The number of nitrogens with zero attached hydrogens (tertiary/aromatic N) is 7. The van der Waals surface area contributed by atoms with Crippen LogP contribution in [0.2, 0.25) is 0 Å². The van der Waals surface area contributed by atoms with Crippen molar-refractivity contribution >= 4 is 41.0 Å². The van der Waals surface area contributed by atoms with Crippen LogP contribution in [0.3, 0.4) is 0 Å². The molecule has 1 unspecified atom stereocenters. The van der Waals surface area contributed by atoms with Crippen LogP contribution in [-0.2, 0) is 28.3 Å². The summed E-state index contributed by atoms with van der Waals surface area (Å²) in [5.74, 6) is 1.79. The van der Waals surface area contributed by atoms with E-state index in [9.17, 15) is 19.5 Å². The van der Waals surface area contributed by atoms with Gasteiger partial charge in [0.15, 0.2) is 0 Å². The molecule has 14 nitrogen and oxygen atoms in total. The quantitative estimate of drug-likeness (QED) is 0.184. The van der Waals surface area contributed by atoms with Crippen molar-refractivity contribution in [2.24, 2.45) is 0 Å². The highest BCUT2D eigenvalue weighted by Gasteiger charge is 2.41. The van der Waals surface area contributed by atoms with Crippen LogP contribution in [0.25, 0.3) is 0 Å². The molecule has 2 aromatic heterocycles. The van der Waals surface area contributed by atoms with E-state index in [1.165, 1.54) is 16.8 Å². The maximum absolute atomic E-state index is 13.2. The van der Waals surface area contributed by atoms with E-state index in [0.29, 0.717) is 43.2 Å². The Kier molecular flexibility index (Phi) is 10.3. The van der Waals surface area contributed by atoms with Crippen molar-refractivity contribution in [2.75, 3.05) is 67.5 Å². The fraction of sp³-hybridized carbons (Fsp3) is 0.442. The molecule has 296 valence electrons. The Balaban J connectivity index is 0.737. The monoisotopic (exact) mass is 770 g/mol. The fourth-order valence-corrected chi connectivity index (χ4v) is 9.09. The Morgan fingerprint density at radius 1 is 0.842 bits per heavy atom. The molecule has 4 saturated heterocycles. The lowest BCUT2D eigenvalue weighted by Crippen LogP contribution is -2.52. The van der Waals surface area contributed by atoms with Crippen molar-refractivity contribution < 1.29 is 19.5 Å². The molecule has 4 N–H and O–H groups in total. The van der Waals surface area contributed by atoms with Gasteiger partial charge in [-0.05, 0) is 90.6 Å². The van der Waals surface area contributed by atoms with Gasteiger partial charge < -0.3 is 30.4 Å². The number of amides is 3. The van der Waals surface area contributed by atoms with Crippen molar-refractivity contribution in [3.63, 3.8) is 0 Å². The van der Waals surface area contributed by atoms with E-state index in [2.05, 4.69) is 66.0 Å². The van der Waals surface area contributed by atoms with Gasteiger partial charge in [-0.2, -0.15) is 4.98 Å². The molecule has 5 aliphatic rings. The SMILES string of the molecule is O=C1CCC(N2Cc3cc(C4(O)CCN(Cc5ccc(N6CCC(c7ccc(Nc8nccc(N9CCNCC9)n8)nc7)CC6)cc5)CC4)ccc3C2=O)C(=O)N1. The number of carbonyl (C=O) groups excluding carboxylic acids is 3. The summed E-state index contributed by atoms with van der Waals surface area (Å²) in [6.45, 7) is 8.41. The van der Waals surface area contributed by atoms with Crippen LogP contribution < -0.4 is 25.8 Å². The summed E-state index contributed by atoms with van der Waals surface area (Å²) in [6.07, 6.45) is 7.67. The molecule has 4 aromatic rings. The Morgan fingerprint density at radius 3 is 2.37 bits per heavy atom. The molecule has 1 atom stereocenters. The molecule has 0 bridgehead atoms. The lowest BCUT2D eigenvalue weighted by Gasteiger charge is -2.39. The lowest BCUT2D eigenvalue weighted by molar-refractivity contribution is -0.136. The van der Waals surface area contributed by atoms with Gasteiger partial charge in [-0.3, -0.25) is 24.6 Å². The standard InChI is InChI=1S/C43H50N10O4/c54-39-10-8-36(40(55)49-39)53-28-32-25-33(4-7-35(32)41(53)56)43(57)14-21-50(22-15-43)27-29-1-5-34(6-2-29)51-19-12-30(13-20-51)31-3-9-37(46-26-31)47-42-45-16-11-38(48-42)52-23-17-44-18-24-52/h1-7,9,11,16,25-26,30,36,44,57H,8,10,12-15,17-24,27-28H2,(H,49,54,55)(H,45,46,47,48). The van der Waals surface area contributed by atoms with Gasteiger partial charge in [0, 0.05) is 95.5 Å². The second kappa shape index (κ2) is 15.8. The van der Waals surface area contributed by atoms with Crippen LogP contribution in [0.4, 0.5) is 23.3 Å². The summed E-state index contributed by atoms with van der Waals surface area (Å²) in [6, 6.07) is 20.0. The highest BCUT2D eigenvalue weighted by molar-refractivity contribution is 6.05. The molecular formula is C43H50N10O4. The summed E-state index contributed by atoms with van der Waals surface area (Å²) >= 11 is 0. The molecule has 0 spiro atoms. The number of imide groups is 1. The first-order valence-electron chi connectivity index (χ1n) is 20.4. The number of fused-ring (bicyclic) bond motifs is 1. The fourth-order valence-electron chi connectivity index (χ4n) is 9.09. The number of likely N-dealkylation sites (tertiary alicyclic amines) is 1. The van der Waals surface area contributed by atoms with Gasteiger partial charge in [0.1, 0.15) is 17.7 Å². The van der Waals surface area contributed by atoms with E-state index >= 15 is 0 Å². The van der Waals surface area contributed by atoms with Crippen LogP contribution >= 0.6 is 0 Å². The number of aromatic nitrogens is 3. The number of hydrogen-bond donors (Lipinski definition) is 4. The summed E-state index contributed by atoms with van der Waals surface area (Å²) in [4.78, 5) is 59.8. The van der Waals surface area contributed by atoms with E-state index in [-0.39, 0.29) is 18.2 Å². The molecule has 57 heavy (non-hydrogen) atoms. The molecule has 0 radical (unpaired) electrons. The normalized spacial score (nSPS) is 21.7. The number of piperidine rings is 3. The Morgan fingerprint density at radius 2 is 1.63 bits per heavy atom. The van der Waals surface area contributed by atoms with Crippen LogP contribution in [0.5, 0.6) is 0 Å². The van der Waals surface area contributed by atoms with E-state index in [1.54, 1.807) is 17.2 Å². The molecule has 3 amide bonds. The van der Waals surface area contributed by atoms with Gasteiger partial charge >= 0.3 is 0 Å². The first-order valence-corrected chi connectivity index (χ1v) is 20.4. The maximum Gasteiger partial charge on any atom is 0.255 e. The van der Waals surface area contributed by atoms with Crippen LogP contribution in [0.15, 0.2) is 73.1 Å². The predicted molar refractivity (Wildman–Crippen MR) is 216 cm³/mol. The number of anilines is 4. The van der Waals surface area contributed by atoms with E-state index in [4.69, 9.17) is 9.97 Å². The molecule has 0 aliphatic carbocycles. The van der Waals surface area contributed by atoms with Crippen molar-refractivity contribution in [3.05, 3.63) is 101 Å². The average molecular weight is 771 g/mol. The van der Waals surface area contributed by atoms with Crippen LogP contribution in [0.1, 0.15) is 77.1 Å². The van der Waals surface area contributed by atoms with Crippen LogP contribution in [-0.4, -0.2) is 106 Å². The summed E-state index contributed by atoms with van der Waals surface area (Å²) < 4.78 is 0. The van der Waals surface area contributed by atoms with E-state index in [1.807, 2.05) is 30.5 Å². The Labute approximate surface area is 332 Å². The predicted octanol–water partition coefficient (Wildman–Crippen LogP) is 3.65. The molecule has 0 saturated carbocycles. The Bertz CT molecular complexity index is 2110. The molecule has 4 fully saturated rings. The largest absolute Gasteiger partial charge is 0.385 e. The number of nitrogens with one attached hydrogen (secondary N) is 3. The third-order valence-electron chi connectivity index (χ3n) is 12.5. The first kappa shape index (κ1) is 37.2. The number of carbonyl (C=O) groups is 3. The van der Waals surface area contributed by atoms with Gasteiger partial charge in [0.05, 0.1) is 5.60 Å². The second-order valence-electron chi connectivity index (χ2n) is 16.1. The summed E-state index contributed by atoms with van der Waals surface area (Å²) in [5, 5.41) is 20.8. The number of pyridine rings is 1. The van der Waals surface area contributed by atoms with Crippen molar-refractivity contribution in [3.8, 4) is 0 Å². The van der Waals surface area contributed by atoms with Gasteiger partial charge in [-0.25, -0.2) is 9.97 Å². The minimum Gasteiger partial charge on any atom is -0.385 e. The molecule has 2 aromatic carbocycles. The highest BCUT2D eigenvalue weighted by atomic mass is 16.3. The van der Waals surface area contributed by atoms with E-state index in [0.717, 1.165) is 94.5 Å². The van der Waals surface area contributed by atoms with Gasteiger partial charge in [-0.1, -0.05) is 30.3 Å². The lowest BCUT2D eigenvalue weighted by atomic mass is 9.83. The van der Waals surface area contributed by atoms with Crippen molar-refractivity contribution in [1.82, 2.24) is 35.4 Å². The number of hydrogen-bond acceptors (Lipinski definition) is 12. The number of aliphatic hydroxyl groups is 1. The summed E-state index contributed by atoms with van der Waals surface area (Å²) in [5.41, 5.74) is 4.99. The molecule has 14 heteroatoms. The topological polar surface area (TPSA) is 159 Å². The smallest absolute Gasteiger partial charge is 0.255 e. The second-order valence-corrected chi connectivity index (χ2v) is 16.1. The Hall–Kier alpha value is -5.44. The zero-order valence-electron chi connectivity index (χ0n) is 32.2. The minimum atomic E-state index is -0.978. The molecule has 9 rings (SSSR count). The van der Waals surface area contributed by atoms with Gasteiger partial charge in [-0.15, -0.1) is 0 Å². The highest BCUT2D eigenvalue weighted by Crippen LogP contribution is 2.37. The zero-order chi connectivity index (χ0) is 38.9. The molecule has 5 aliphatic heterocycles. The van der Waals surface area contributed by atoms with Gasteiger partial charge in [0.2, 0.25) is 17.8 Å². The first-order chi connectivity index (χ1) is 27.8. The number of benzene rings is 2.